The fraction of sp³-hybridized carbons (Fsp3) is 0.625. The first kappa shape index (κ1) is 17.9. The summed E-state index contributed by atoms with van der Waals surface area (Å²) in [7, 11) is 3.72. The fourth-order valence-electron chi connectivity index (χ4n) is 1.94. The van der Waals surface area contributed by atoms with Crippen LogP contribution in [0.25, 0.3) is 0 Å². The number of benzene rings is 1. The van der Waals surface area contributed by atoms with Gasteiger partial charge in [-0.2, -0.15) is 0 Å². The molecule has 0 saturated heterocycles. The molecule has 0 bridgehead atoms. The van der Waals surface area contributed by atoms with E-state index in [9.17, 15) is 5.11 Å². The predicted molar refractivity (Wildman–Crippen MR) is 85.9 cm³/mol. The van der Waals surface area contributed by atoms with Crippen molar-refractivity contribution in [2.75, 3.05) is 58.5 Å². The van der Waals surface area contributed by atoms with E-state index in [1.54, 1.807) is 7.11 Å². The quantitative estimate of drug-likeness (QED) is 0.566. The monoisotopic (exact) mass is 296 g/mol. The third-order valence-electron chi connectivity index (χ3n) is 3.17. The lowest BCUT2D eigenvalue weighted by Crippen LogP contribution is -2.32. The van der Waals surface area contributed by atoms with E-state index >= 15 is 0 Å². The number of nitrogens with zero attached hydrogens (tertiary/aromatic N) is 1. The zero-order valence-corrected chi connectivity index (χ0v) is 13.1. The maximum absolute atomic E-state index is 9.70. The Labute approximate surface area is 127 Å². The molecule has 5 heteroatoms. The van der Waals surface area contributed by atoms with E-state index in [1.165, 1.54) is 5.69 Å². The molecule has 0 aliphatic carbocycles. The summed E-state index contributed by atoms with van der Waals surface area (Å²) in [6.45, 7) is 3.85. The minimum Gasteiger partial charge on any atom is -0.389 e. The highest BCUT2D eigenvalue weighted by atomic mass is 16.5. The molecular formula is C16H28N2O3. The molecular weight excluding hydrogens is 268 g/mol. The molecule has 0 saturated carbocycles. The average Bonchev–Trinajstić information content (AvgIpc) is 2.52. The van der Waals surface area contributed by atoms with E-state index in [0.717, 1.165) is 19.5 Å². The lowest BCUT2D eigenvalue weighted by molar-refractivity contribution is 0.0139. The SMILES string of the molecule is COCCOCC(O)CNCCCN(C)c1ccccc1. The lowest BCUT2D eigenvalue weighted by atomic mass is 10.3. The van der Waals surface area contributed by atoms with Crippen molar-refractivity contribution >= 4 is 5.69 Å². The third-order valence-corrected chi connectivity index (χ3v) is 3.17. The summed E-state index contributed by atoms with van der Waals surface area (Å²) >= 11 is 0. The molecule has 0 spiro atoms. The van der Waals surface area contributed by atoms with Gasteiger partial charge in [0.05, 0.1) is 25.9 Å². The highest BCUT2D eigenvalue weighted by Crippen LogP contribution is 2.10. The molecule has 1 rings (SSSR count). The summed E-state index contributed by atoms with van der Waals surface area (Å²) in [4.78, 5) is 2.23. The molecule has 1 aromatic rings. The van der Waals surface area contributed by atoms with E-state index in [-0.39, 0.29) is 0 Å². The first-order valence-electron chi connectivity index (χ1n) is 7.45. The Bertz CT molecular complexity index is 349. The molecule has 1 aromatic carbocycles. The van der Waals surface area contributed by atoms with Crippen LogP contribution in [0.15, 0.2) is 30.3 Å². The van der Waals surface area contributed by atoms with Crippen molar-refractivity contribution in [3.8, 4) is 0 Å². The van der Waals surface area contributed by atoms with Gasteiger partial charge in [-0.1, -0.05) is 18.2 Å². The van der Waals surface area contributed by atoms with E-state index < -0.39 is 6.10 Å². The van der Waals surface area contributed by atoms with Crippen molar-refractivity contribution in [3.05, 3.63) is 30.3 Å². The number of hydrogen-bond acceptors (Lipinski definition) is 5. The minimum absolute atomic E-state index is 0.347. The normalized spacial score (nSPS) is 12.3. The summed E-state index contributed by atoms with van der Waals surface area (Å²) in [5.74, 6) is 0. The van der Waals surface area contributed by atoms with Crippen LogP contribution in [0.2, 0.25) is 0 Å². The number of anilines is 1. The summed E-state index contributed by atoms with van der Waals surface area (Å²) in [5.41, 5.74) is 1.23. The van der Waals surface area contributed by atoms with Crippen molar-refractivity contribution in [2.45, 2.75) is 12.5 Å². The molecule has 1 unspecified atom stereocenters. The maximum Gasteiger partial charge on any atom is 0.0897 e. The van der Waals surface area contributed by atoms with Gasteiger partial charge in [-0.3, -0.25) is 0 Å². The Morgan fingerprint density at radius 1 is 1.24 bits per heavy atom. The van der Waals surface area contributed by atoms with Crippen LogP contribution in [-0.4, -0.2) is 64.8 Å². The highest BCUT2D eigenvalue weighted by Gasteiger charge is 2.04. The van der Waals surface area contributed by atoms with Crippen LogP contribution >= 0.6 is 0 Å². The minimum atomic E-state index is -0.464. The molecule has 2 N–H and O–H groups in total. The second kappa shape index (κ2) is 11.5. The van der Waals surface area contributed by atoms with E-state index in [0.29, 0.717) is 26.4 Å². The number of aliphatic hydroxyl groups excluding tert-OH is 1. The fourth-order valence-corrected chi connectivity index (χ4v) is 1.94. The molecule has 120 valence electrons. The first-order chi connectivity index (χ1) is 10.2. The molecule has 5 nitrogen and oxygen atoms in total. The van der Waals surface area contributed by atoms with Gasteiger partial charge in [0, 0.05) is 32.9 Å². The average molecular weight is 296 g/mol. The van der Waals surface area contributed by atoms with E-state index in [1.807, 2.05) is 18.2 Å². The number of nitrogens with one attached hydrogen (secondary N) is 1. The topological polar surface area (TPSA) is 54.0 Å². The number of ether oxygens (including phenoxy) is 2. The summed E-state index contributed by atoms with van der Waals surface area (Å²) in [6.07, 6.45) is 0.566. The second-order valence-electron chi connectivity index (χ2n) is 5.04. The largest absolute Gasteiger partial charge is 0.389 e. The van der Waals surface area contributed by atoms with Gasteiger partial charge in [0.25, 0.3) is 0 Å². The summed E-state index contributed by atoms with van der Waals surface area (Å²) in [5, 5.41) is 12.9. The van der Waals surface area contributed by atoms with E-state index in [2.05, 4.69) is 29.4 Å². The number of methoxy groups -OCH3 is 1. The molecule has 0 heterocycles. The van der Waals surface area contributed by atoms with Gasteiger partial charge in [-0.25, -0.2) is 0 Å². The van der Waals surface area contributed by atoms with E-state index in [4.69, 9.17) is 9.47 Å². The molecule has 0 fully saturated rings. The van der Waals surface area contributed by atoms with Crippen molar-refractivity contribution < 1.29 is 14.6 Å². The zero-order valence-electron chi connectivity index (χ0n) is 13.1. The van der Waals surface area contributed by atoms with Gasteiger partial charge in [0.2, 0.25) is 0 Å². The Morgan fingerprint density at radius 2 is 2.00 bits per heavy atom. The van der Waals surface area contributed by atoms with Gasteiger partial charge >= 0.3 is 0 Å². The van der Waals surface area contributed by atoms with Crippen LogP contribution in [0.3, 0.4) is 0 Å². The summed E-state index contributed by atoms with van der Waals surface area (Å²) in [6, 6.07) is 10.3. The first-order valence-corrected chi connectivity index (χ1v) is 7.45. The molecule has 1 atom stereocenters. The Morgan fingerprint density at radius 3 is 2.71 bits per heavy atom. The van der Waals surface area contributed by atoms with Crippen LogP contribution in [0, 0.1) is 0 Å². The standard InChI is InChI=1S/C16H28N2O3/c1-18(15-7-4-3-5-8-15)10-6-9-17-13-16(19)14-21-12-11-20-2/h3-5,7-8,16-17,19H,6,9-14H2,1-2H3. The number of para-hydroxylation sites is 1. The van der Waals surface area contributed by atoms with Crippen LogP contribution in [0.5, 0.6) is 0 Å². The van der Waals surface area contributed by atoms with Gasteiger partial charge < -0.3 is 24.8 Å². The van der Waals surface area contributed by atoms with Gasteiger partial charge in [0.15, 0.2) is 0 Å². The smallest absolute Gasteiger partial charge is 0.0897 e. The Kier molecular flexibility index (Phi) is 9.82. The summed E-state index contributed by atoms with van der Waals surface area (Å²) < 4.78 is 10.1. The van der Waals surface area contributed by atoms with Crippen molar-refractivity contribution in [1.82, 2.24) is 5.32 Å². The zero-order chi connectivity index (χ0) is 15.3. The molecule has 0 amide bonds. The Balaban J connectivity index is 1.99. The predicted octanol–water partition coefficient (Wildman–Crippen LogP) is 1.13. The van der Waals surface area contributed by atoms with Crippen LogP contribution in [0.1, 0.15) is 6.42 Å². The Hall–Kier alpha value is -1.14. The van der Waals surface area contributed by atoms with Crippen LogP contribution in [-0.2, 0) is 9.47 Å². The van der Waals surface area contributed by atoms with Gasteiger partial charge in [-0.05, 0) is 25.1 Å². The van der Waals surface area contributed by atoms with Crippen molar-refractivity contribution in [2.24, 2.45) is 0 Å². The molecule has 0 radical (unpaired) electrons. The van der Waals surface area contributed by atoms with Crippen LogP contribution < -0.4 is 10.2 Å². The number of aliphatic hydroxyl groups is 1. The second-order valence-corrected chi connectivity index (χ2v) is 5.04. The number of rotatable bonds is 12. The van der Waals surface area contributed by atoms with Gasteiger partial charge in [-0.15, -0.1) is 0 Å². The molecule has 0 aliphatic heterocycles. The molecule has 21 heavy (non-hydrogen) atoms. The molecule has 0 aromatic heterocycles. The maximum atomic E-state index is 9.70. The number of hydrogen-bond donors (Lipinski definition) is 2. The highest BCUT2D eigenvalue weighted by molar-refractivity contribution is 5.44. The van der Waals surface area contributed by atoms with Gasteiger partial charge in [0.1, 0.15) is 0 Å². The molecule has 0 aliphatic rings. The van der Waals surface area contributed by atoms with Crippen LogP contribution in [0.4, 0.5) is 5.69 Å². The van der Waals surface area contributed by atoms with Crippen molar-refractivity contribution in [1.29, 1.82) is 0 Å². The lowest BCUT2D eigenvalue weighted by Gasteiger charge is -2.19. The third kappa shape index (κ3) is 8.67. The van der Waals surface area contributed by atoms with Crippen molar-refractivity contribution in [3.63, 3.8) is 0 Å².